The lowest BCUT2D eigenvalue weighted by Gasteiger charge is -2.18. The standard InChI is InChI=1S/C25H20FNO4/c26-17-3-6-19(7-4-17)30-20-8-10-21(11-9-20)31-24-13-14-27(25(24)29)18-5-1-16-2-12-23(28)22(16)15-18/h1,3-11,15,24H,2,12-14H2. The number of anilines is 1. The molecule has 6 heteroatoms. The zero-order valence-electron chi connectivity index (χ0n) is 16.7. The number of hydrogen-bond donors (Lipinski definition) is 0. The Bertz CT molecular complexity index is 1140. The second kappa shape index (κ2) is 7.87. The van der Waals surface area contributed by atoms with Gasteiger partial charge in [0, 0.05) is 30.6 Å². The van der Waals surface area contributed by atoms with E-state index < -0.39 is 6.10 Å². The van der Waals surface area contributed by atoms with Gasteiger partial charge in [0.05, 0.1) is 0 Å². The smallest absolute Gasteiger partial charge is 0.268 e. The summed E-state index contributed by atoms with van der Waals surface area (Å²) in [4.78, 5) is 26.6. The number of benzene rings is 3. The van der Waals surface area contributed by atoms with E-state index in [1.165, 1.54) is 12.1 Å². The number of ketones is 1. The molecule has 0 saturated carbocycles. The lowest BCUT2D eigenvalue weighted by atomic mass is 10.1. The summed E-state index contributed by atoms with van der Waals surface area (Å²) >= 11 is 0. The highest BCUT2D eigenvalue weighted by Crippen LogP contribution is 2.31. The van der Waals surface area contributed by atoms with Crippen molar-refractivity contribution in [3.63, 3.8) is 0 Å². The average molecular weight is 417 g/mol. The van der Waals surface area contributed by atoms with Crippen molar-refractivity contribution < 1.29 is 23.5 Å². The Labute approximate surface area is 179 Å². The van der Waals surface area contributed by atoms with Crippen LogP contribution in [0.1, 0.15) is 28.8 Å². The molecule has 1 saturated heterocycles. The molecule has 0 N–H and O–H groups in total. The number of aryl methyl sites for hydroxylation is 1. The van der Waals surface area contributed by atoms with Gasteiger partial charge in [-0.2, -0.15) is 0 Å². The van der Waals surface area contributed by atoms with Crippen molar-refractivity contribution in [1.82, 2.24) is 0 Å². The van der Waals surface area contributed by atoms with Gasteiger partial charge in [-0.25, -0.2) is 4.39 Å². The van der Waals surface area contributed by atoms with E-state index >= 15 is 0 Å². The zero-order valence-corrected chi connectivity index (χ0v) is 16.7. The number of halogens is 1. The third kappa shape index (κ3) is 3.89. The maximum absolute atomic E-state index is 13.0. The largest absolute Gasteiger partial charge is 0.481 e. The van der Waals surface area contributed by atoms with Crippen LogP contribution >= 0.6 is 0 Å². The molecule has 0 aromatic heterocycles. The van der Waals surface area contributed by atoms with Gasteiger partial charge in [0.2, 0.25) is 0 Å². The molecule has 5 nitrogen and oxygen atoms in total. The molecule has 1 aliphatic carbocycles. The quantitative estimate of drug-likeness (QED) is 0.591. The predicted octanol–water partition coefficient (Wildman–Crippen LogP) is 4.93. The van der Waals surface area contributed by atoms with Crippen molar-refractivity contribution in [3.8, 4) is 17.2 Å². The minimum Gasteiger partial charge on any atom is -0.481 e. The Hall–Kier alpha value is -3.67. The highest BCUT2D eigenvalue weighted by atomic mass is 19.1. The maximum Gasteiger partial charge on any atom is 0.268 e. The number of rotatable bonds is 5. The highest BCUT2D eigenvalue weighted by molar-refractivity contribution is 6.04. The van der Waals surface area contributed by atoms with E-state index in [2.05, 4.69) is 0 Å². The van der Waals surface area contributed by atoms with Crippen LogP contribution in [0.5, 0.6) is 17.2 Å². The van der Waals surface area contributed by atoms with Crippen LogP contribution in [0.2, 0.25) is 0 Å². The number of fused-ring (bicyclic) bond motifs is 1. The molecule has 1 atom stereocenters. The number of carbonyl (C=O) groups is 2. The molecular formula is C25H20FNO4. The lowest BCUT2D eigenvalue weighted by molar-refractivity contribution is -0.122. The highest BCUT2D eigenvalue weighted by Gasteiger charge is 2.35. The third-order valence-electron chi connectivity index (χ3n) is 5.63. The van der Waals surface area contributed by atoms with Gasteiger partial charge in [0.1, 0.15) is 23.1 Å². The van der Waals surface area contributed by atoms with Crippen molar-refractivity contribution in [2.24, 2.45) is 0 Å². The second-order valence-corrected chi connectivity index (χ2v) is 7.68. The Balaban J connectivity index is 1.24. The molecule has 5 rings (SSSR count). The number of ether oxygens (including phenoxy) is 2. The fourth-order valence-electron chi connectivity index (χ4n) is 4.00. The van der Waals surface area contributed by atoms with Gasteiger partial charge in [-0.3, -0.25) is 9.59 Å². The summed E-state index contributed by atoms with van der Waals surface area (Å²) in [5.74, 6) is 1.38. The van der Waals surface area contributed by atoms with Crippen LogP contribution < -0.4 is 14.4 Å². The molecule has 0 spiro atoms. The molecule has 1 aliphatic heterocycles. The van der Waals surface area contributed by atoms with E-state index in [1.807, 2.05) is 18.2 Å². The first-order valence-corrected chi connectivity index (χ1v) is 10.2. The Kier molecular flexibility index (Phi) is 4.90. The molecule has 31 heavy (non-hydrogen) atoms. The van der Waals surface area contributed by atoms with E-state index in [1.54, 1.807) is 41.3 Å². The van der Waals surface area contributed by atoms with E-state index in [0.29, 0.717) is 36.6 Å². The molecule has 1 amide bonds. The summed E-state index contributed by atoms with van der Waals surface area (Å²) in [7, 11) is 0. The van der Waals surface area contributed by atoms with Crippen LogP contribution in [0.4, 0.5) is 10.1 Å². The van der Waals surface area contributed by atoms with Crippen molar-refractivity contribution in [2.75, 3.05) is 11.4 Å². The van der Waals surface area contributed by atoms with Crippen molar-refractivity contribution >= 4 is 17.4 Å². The van der Waals surface area contributed by atoms with E-state index in [9.17, 15) is 14.0 Å². The van der Waals surface area contributed by atoms with Crippen LogP contribution in [-0.4, -0.2) is 24.3 Å². The molecule has 156 valence electrons. The third-order valence-corrected chi connectivity index (χ3v) is 5.63. The fraction of sp³-hybridized carbons (Fsp3) is 0.200. The molecule has 1 unspecified atom stereocenters. The minimum absolute atomic E-state index is 0.114. The van der Waals surface area contributed by atoms with Crippen LogP contribution in [0.25, 0.3) is 0 Å². The number of Topliss-reactive ketones (excluding diaryl/α,β-unsaturated/α-hetero) is 1. The first-order valence-electron chi connectivity index (χ1n) is 10.2. The summed E-state index contributed by atoms with van der Waals surface area (Å²) < 4.78 is 24.6. The van der Waals surface area contributed by atoms with E-state index in [0.717, 1.165) is 23.2 Å². The summed E-state index contributed by atoms with van der Waals surface area (Å²) in [6.45, 7) is 0.544. The number of nitrogens with zero attached hydrogens (tertiary/aromatic N) is 1. The summed E-state index contributed by atoms with van der Waals surface area (Å²) in [5.41, 5.74) is 2.52. The number of carbonyl (C=O) groups excluding carboxylic acids is 2. The second-order valence-electron chi connectivity index (χ2n) is 7.68. The lowest BCUT2D eigenvalue weighted by Crippen LogP contribution is -2.32. The fourth-order valence-corrected chi connectivity index (χ4v) is 4.00. The predicted molar refractivity (Wildman–Crippen MR) is 113 cm³/mol. The normalized spacial score (nSPS) is 17.7. The van der Waals surface area contributed by atoms with Gasteiger partial charge in [0.25, 0.3) is 5.91 Å². The first-order chi connectivity index (χ1) is 15.1. The van der Waals surface area contributed by atoms with Crippen molar-refractivity contribution in [3.05, 3.63) is 83.7 Å². The molecule has 3 aromatic carbocycles. The van der Waals surface area contributed by atoms with Gasteiger partial charge >= 0.3 is 0 Å². The summed E-state index contributed by atoms with van der Waals surface area (Å²) in [6.07, 6.45) is 1.30. The molecule has 1 fully saturated rings. The van der Waals surface area contributed by atoms with Gasteiger partial charge in [-0.05, 0) is 72.6 Å². The molecule has 3 aromatic rings. The van der Waals surface area contributed by atoms with Crippen molar-refractivity contribution in [2.45, 2.75) is 25.4 Å². The van der Waals surface area contributed by atoms with Crippen LogP contribution in [0.15, 0.2) is 66.7 Å². The van der Waals surface area contributed by atoms with Crippen LogP contribution in [0, 0.1) is 5.82 Å². The zero-order chi connectivity index (χ0) is 21.4. The van der Waals surface area contributed by atoms with Gasteiger partial charge in [0.15, 0.2) is 11.9 Å². The molecule has 1 heterocycles. The van der Waals surface area contributed by atoms with Gasteiger partial charge in [-0.15, -0.1) is 0 Å². The summed E-state index contributed by atoms with van der Waals surface area (Å²) in [6, 6.07) is 18.4. The first kappa shape index (κ1) is 19.3. The molecule has 0 bridgehead atoms. The van der Waals surface area contributed by atoms with Gasteiger partial charge in [-0.1, -0.05) is 6.07 Å². The van der Waals surface area contributed by atoms with Crippen LogP contribution in [0.3, 0.4) is 0 Å². The summed E-state index contributed by atoms with van der Waals surface area (Å²) in [5, 5.41) is 0. The maximum atomic E-state index is 13.0. The molecular weight excluding hydrogens is 397 g/mol. The Morgan fingerprint density at radius 3 is 2.26 bits per heavy atom. The molecule has 0 radical (unpaired) electrons. The Morgan fingerprint density at radius 2 is 1.52 bits per heavy atom. The Morgan fingerprint density at radius 1 is 0.839 bits per heavy atom. The number of hydrogen-bond acceptors (Lipinski definition) is 4. The average Bonchev–Trinajstić information content (AvgIpc) is 3.33. The SMILES string of the molecule is O=C1CCc2ccc(N3CCC(Oc4ccc(Oc5ccc(F)cc5)cc4)C3=O)cc21. The minimum atomic E-state index is -0.576. The van der Waals surface area contributed by atoms with Gasteiger partial charge < -0.3 is 14.4 Å². The molecule has 2 aliphatic rings. The van der Waals surface area contributed by atoms with E-state index in [-0.39, 0.29) is 17.5 Å². The number of amides is 1. The van der Waals surface area contributed by atoms with Crippen LogP contribution in [-0.2, 0) is 11.2 Å². The topological polar surface area (TPSA) is 55.8 Å². The van der Waals surface area contributed by atoms with E-state index in [4.69, 9.17) is 9.47 Å². The van der Waals surface area contributed by atoms with Crippen molar-refractivity contribution in [1.29, 1.82) is 0 Å². The monoisotopic (exact) mass is 417 g/mol.